The van der Waals surface area contributed by atoms with Gasteiger partial charge < -0.3 is 5.32 Å². The maximum absolute atomic E-state index is 12.0. The molecule has 0 saturated heterocycles. The summed E-state index contributed by atoms with van der Waals surface area (Å²) < 4.78 is 23.7. The van der Waals surface area contributed by atoms with Crippen LogP contribution in [-0.2, 0) is 20.2 Å². The molecule has 1 saturated carbocycles. The Bertz CT molecular complexity index is 636. The Kier molecular flexibility index (Phi) is 4.63. The van der Waals surface area contributed by atoms with E-state index in [1.165, 1.54) is 0 Å². The fraction of sp³-hybridized carbons (Fsp3) is 0.533. The van der Waals surface area contributed by atoms with Crippen LogP contribution in [0.25, 0.3) is 0 Å². The molecule has 1 aromatic carbocycles. The average Bonchev–Trinajstić information content (AvgIpc) is 3.06. The van der Waals surface area contributed by atoms with Gasteiger partial charge in [0.1, 0.15) is 5.75 Å². The Morgan fingerprint density at radius 1 is 1.38 bits per heavy atom. The Balaban J connectivity index is 2.03. The molecule has 1 amide bonds. The number of amides is 1. The Morgan fingerprint density at radius 3 is 2.57 bits per heavy atom. The molecule has 0 spiro atoms. The molecule has 1 fully saturated rings. The monoisotopic (exact) mass is 329 g/mol. The number of benzene rings is 1. The first kappa shape index (κ1) is 16.3. The third-order valence-corrected chi connectivity index (χ3v) is 5.56. The van der Waals surface area contributed by atoms with Gasteiger partial charge in [0.05, 0.1) is 11.3 Å². The van der Waals surface area contributed by atoms with Crippen molar-refractivity contribution in [2.45, 2.75) is 32.2 Å². The minimum Gasteiger partial charge on any atom is -0.346 e. The maximum Gasteiger partial charge on any atom is 0.235 e. The molecular formula is C15H20ClNO3S. The molecule has 0 aromatic heterocycles. The number of halogens is 1. The quantitative estimate of drug-likeness (QED) is 0.872. The van der Waals surface area contributed by atoms with E-state index in [1.807, 2.05) is 32.0 Å². The van der Waals surface area contributed by atoms with Crippen LogP contribution in [-0.4, -0.2) is 25.8 Å². The zero-order valence-electron chi connectivity index (χ0n) is 12.2. The van der Waals surface area contributed by atoms with Gasteiger partial charge >= 0.3 is 0 Å². The van der Waals surface area contributed by atoms with Crippen molar-refractivity contribution >= 4 is 27.3 Å². The SMILES string of the molecule is CC(C)CS(=O)(=O)CC(=O)NC1(c2cccc(Cl)c2)CC1. The molecule has 0 atom stereocenters. The van der Waals surface area contributed by atoms with E-state index >= 15 is 0 Å². The summed E-state index contributed by atoms with van der Waals surface area (Å²) in [5, 5.41) is 3.48. The summed E-state index contributed by atoms with van der Waals surface area (Å²) >= 11 is 5.97. The van der Waals surface area contributed by atoms with Gasteiger partial charge in [0, 0.05) is 5.02 Å². The van der Waals surface area contributed by atoms with E-state index in [0.717, 1.165) is 18.4 Å². The first-order chi connectivity index (χ1) is 9.72. The molecule has 0 aliphatic heterocycles. The Hall–Kier alpha value is -1.07. The van der Waals surface area contributed by atoms with Crippen LogP contribution in [0.3, 0.4) is 0 Å². The molecule has 1 N–H and O–H groups in total. The minimum atomic E-state index is -3.35. The molecule has 1 aliphatic carbocycles. The standard InChI is InChI=1S/C15H20ClNO3S/c1-11(2)9-21(19,20)10-14(18)17-15(6-7-15)12-4-3-5-13(16)8-12/h3-5,8,11H,6-7,9-10H2,1-2H3,(H,17,18). The van der Waals surface area contributed by atoms with E-state index in [-0.39, 0.29) is 11.7 Å². The normalized spacial score (nSPS) is 16.8. The van der Waals surface area contributed by atoms with Crippen LogP contribution in [0.1, 0.15) is 32.3 Å². The molecule has 0 radical (unpaired) electrons. The van der Waals surface area contributed by atoms with Crippen LogP contribution in [0.4, 0.5) is 0 Å². The highest BCUT2D eigenvalue weighted by Gasteiger charge is 2.46. The summed E-state index contributed by atoms with van der Waals surface area (Å²) in [7, 11) is -3.35. The summed E-state index contributed by atoms with van der Waals surface area (Å²) in [5.74, 6) is -0.836. The third kappa shape index (κ3) is 4.45. The molecule has 116 valence electrons. The first-order valence-corrected chi connectivity index (χ1v) is 9.20. The number of sulfone groups is 1. The minimum absolute atomic E-state index is 0.0191. The topological polar surface area (TPSA) is 63.2 Å². The second-order valence-corrected chi connectivity index (χ2v) is 8.63. The summed E-state index contributed by atoms with van der Waals surface area (Å²) in [6, 6.07) is 7.33. The number of carbonyl (C=O) groups is 1. The fourth-order valence-corrected chi connectivity index (χ4v) is 4.26. The smallest absolute Gasteiger partial charge is 0.235 e. The Morgan fingerprint density at radius 2 is 2.05 bits per heavy atom. The number of nitrogens with one attached hydrogen (secondary N) is 1. The number of carbonyl (C=O) groups excluding carboxylic acids is 1. The zero-order valence-corrected chi connectivity index (χ0v) is 13.8. The van der Waals surface area contributed by atoms with Crippen molar-refractivity contribution in [2.24, 2.45) is 5.92 Å². The molecule has 1 aromatic rings. The van der Waals surface area contributed by atoms with Gasteiger partial charge in [0.2, 0.25) is 5.91 Å². The van der Waals surface area contributed by atoms with E-state index in [2.05, 4.69) is 5.32 Å². The van der Waals surface area contributed by atoms with Crippen molar-refractivity contribution < 1.29 is 13.2 Å². The van der Waals surface area contributed by atoms with E-state index < -0.39 is 27.0 Å². The van der Waals surface area contributed by atoms with Gasteiger partial charge in [-0.15, -0.1) is 0 Å². The number of hydrogen-bond acceptors (Lipinski definition) is 3. The maximum atomic E-state index is 12.0. The summed E-state index contributed by atoms with van der Waals surface area (Å²) in [6.07, 6.45) is 1.62. The van der Waals surface area contributed by atoms with Crippen molar-refractivity contribution in [1.82, 2.24) is 5.32 Å². The first-order valence-electron chi connectivity index (χ1n) is 7.00. The second kappa shape index (κ2) is 5.97. The second-order valence-electron chi connectivity index (χ2n) is 6.09. The van der Waals surface area contributed by atoms with Crippen LogP contribution in [0.5, 0.6) is 0 Å². The third-order valence-electron chi connectivity index (χ3n) is 3.44. The molecule has 2 rings (SSSR count). The lowest BCUT2D eigenvalue weighted by molar-refractivity contribution is -0.119. The molecular weight excluding hydrogens is 310 g/mol. The molecule has 4 nitrogen and oxygen atoms in total. The van der Waals surface area contributed by atoms with Crippen LogP contribution < -0.4 is 5.32 Å². The fourth-order valence-electron chi connectivity index (χ4n) is 2.47. The van der Waals surface area contributed by atoms with Crippen LogP contribution >= 0.6 is 11.6 Å². The van der Waals surface area contributed by atoms with Gasteiger partial charge in [-0.25, -0.2) is 8.42 Å². The number of rotatable bonds is 6. The van der Waals surface area contributed by atoms with Crippen molar-refractivity contribution in [2.75, 3.05) is 11.5 Å². The molecule has 0 unspecified atom stereocenters. The van der Waals surface area contributed by atoms with Gasteiger partial charge in [-0.2, -0.15) is 0 Å². The summed E-state index contributed by atoms with van der Waals surface area (Å²) in [5.41, 5.74) is 0.500. The van der Waals surface area contributed by atoms with Crippen LogP contribution in [0.15, 0.2) is 24.3 Å². The molecule has 6 heteroatoms. The van der Waals surface area contributed by atoms with Crippen molar-refractivity contribution in [3.05, 3.63) is 34.9 Å². The average molecular weight is 330 g/mol. The van der Waals surface area contributed by atoms with Crippen molar-refractivity contribution in [3.63, 3.8) is 0 Å². The van der Waals surface area contributed by atoms with Crippen molar-refractivity contribution in [1.29, 1.82) is 0 Å². The summed E-state index contributed by atoms with van der Waals surface area (Å²) in [4.78, 5) is 12.0. The van der Waals surface area contributed by atoms with E-state index in [4.69, 9.17) is 11.6 Å². The predicted molar refractivity (Wildman–Crippen MR) is 84.0 cm³/mol. The molecule has 21 heavy (non-hydrogen) atoms. The van der Waals surface area contributed by atoms with E-state index in [1.54, 1.807) is 6.07 Å². The highest BCUT2D eigenvalue weighted by atomic mass is 35.5. The van der Waals surface area contributed by atoms with E-state index in [9.17, 15) is 13.2 Å². The lowest BCUT2D eigenvalue weighted by Crippen LogP contribution is -2.39. The molecule has 1 aliphatic rings. The lowest BCUT2D eigenvalue weighted by atomic mass is 10.1. The van der Waals surface area contributed by atoms with Gasteiger partial charge in [-0.1, -0.05) is 37.6 Å². The van der Waals surface area contributed by atoms with Gasteiger partial charge in [0.25, 0.3) is 0 Å². The molecule has 0 bridgehead atoms. The van der Waals surface area contributed by atoms with Gasteiger partial charge in [-0.3, -0.25) is 4.79 Å². The van der Waals surface area contributed by atoms with Crippen molar-refractivity contribution in [3.8, 4) is 0 Å². The molecule has 0 heterocycles. The van der Waals surface area contributed by atoms with Gasteiger partial charge in [0.15, 0.2) is 9.84 Å². The van der Waals surface area contributed by atoms with Crippen LogP contribution in [0, 0.1) is 5.92 Å². The highest BCUT2D eigenvalue weighted by Crippen LogP contribution is 2.45. The van der Waals surface area contributed by atoms with Gasteiger partial charge in [-0.05, 0) is 36.5 Å². The van der Waals surface area contributed by atoms with Crippen LogP contribution in [0.2, 0.25) is 5.02 Å². The largest absolute Gasteiger partial charge is 0.346 e. The predicted octanol–water partition coefficient (Wildman–Crippen LogP) is 2.52. The zero-order chi connectivity index (χ0) is 15.7. The highest BCUT2D eigenvalue weighted by molar-refractivity contribution is 7.92. The number of hydrogen-bond donors (Lipinski definition) is 1. The summed E-state index contributed by atoms with van der Waals surface area (Å²) in [6.45, 7) is 3.65. The lowest BCUT2D eigenvalue weighted by Gasteiger charge is -2.18. The van der Waals surface area contributed by atoms with E-state index in [0.29, 0.717) is 5.02 Å². The Labute approximate surface area is 130 Å².